The van der Waals surface area contributed by atoms with Gasteiger partial charge in [-0.15, -0.1) is 5.10 Å². The molecular weight excluding hydrogens is 246 g/mol. The van der Waals surface area contributed by atoms with Crippen LogP contribution in [0.25, 0.3) is 0 Å². The molecule has 0 bridgehead atoms. The van der Waals surface area contributed by atoms with Crippen molar-refractivity contribution < 1.29 is 19.4 Å². The van der Waals surface area contributed by atoms with Crippen molar-refractivity contribution in [2.45, 2.75) is 13.0 Å². The number of esters is 1. The van der Waals surface area contributed by atoms with Gasteiger partial charge in [-0.3, -0.25) is 9.48 Å². The number of nitrogens with zero attached hydrogens (tertiary/aromatic N) is 3. The Morgan fingerprint density at radius 3 is 2.88 bits per heavy atom. The monoisotopic (exact) mass is 259 g/mol. The highest BCUT2D eigenvalue weighted by atomic mass is 32.2. The molecule has 1 heterocycles. The zero-order chi connectivity index (χ0) is 12.7. The van der Waals surface area contributed by atoms with E-state index in [1.165, 1.54) is 18.0 Å². The van der Waals surface area contributed by atoms with Gasteiger partial charge < -0.3 is 9.84 Å². The van der Waals surface area contributed by atoms with E-state index in [-0.39, 0.29) is 11.7 Å². The normalized spacial score (nSPS) is 10.2. The molecule has 0 aliphatic carbocycles. The number of aromatic carboxylic acids is 1. The number of ether oxygens (including phenoxy) is 1. The molecule has 0 spiro atoms. The number of rotatable bonds is 7. The van der Waals surface area contributed by atoms with Gasteiger partial charge in [0.05, 0.1) is 26.3 Å². The number of carbonyl (C=O) groups is 2. The number of thioether (sulfide) groups is 1. The molecule has 0 aliphatic rings. The van der Waals surface area contributed by atoms with Crippen molar-refractivity contribution >= 4 is 23.7 Å². The van der Waals surface area contributed by atoms with E-state index < -0.39 is 5.97 Å². The number of hydrogen-bond donors (Lipinski definition) is 1. The third-order valence-corrected chi connectivity index (χ3v) is 2.86. The Morgan fingerprint density at radius 1 is 1.53 bits per heavy atom. The summed E-state index contributed by atoms with van der Waals surface area (Å²) in [4.78, 5) is 21.3. The van der Waals surface area contributed by atoms with Gasteiger partial charge in [-0.2, -0.15) is 11.8 Å². The fourth-order valence-corrected chi connectivity index (χ4v) is 1.85. The first kappa shape index (κ1) is 13.5. The zero-order valence-electron chi connectivity index (χ0n) is 9.33. The third kappa shape index (κ3) is 4.85. The Kier molecular flexibility index (Phi) is 5.47. The lowest BCUT2D eigenvalue weighted by molar-refractivity contribution is -0.140. The first-order chi connectivity index (χ1) is 8.13. The third-order valence-electron chi connectivity index (χ3n) is 1.90. The van der Waals surface area contributed by atoms with Crippen molar-refractivity contribution in [2.24, 2.45) is 0 Å². The van der Waals surface area contributed by atoms with Crippen LogP contribution in [0.1, 0.15) is 16.9 Å². The van der Waals surface area contributed by atoms with Crippen LogP contribution in [0.3, 0.4) is 0 Å². The first-order valence-corrected chi connectivity index (χ1v) is 6.07. The van der Waals surface area contributed by atoms with Gasteiger partial charge in [-0.05, 0) is 0 Å². The average Bonchev–Trinajstić information content (AvgIpc) is 2.77. The number of methoxy groups -OCH3 is 1. The standard InChI is InChI=1S/C9H13N3O4S/c1-16-8(13)2-4-17-5-3-12-6-7(9(14)15)10-11-12/h6H,2-5H2,1H3,(H,14,15). The largest absolute Gasteiger partial charge is 0.476 e. The maximum atomic E-state index is 10.8. The van der Waals surface area contributed by atoms with Gasteiger partial charge >= 0.3 is 11.9 Å². The Labute approximate surface area is 102 Å². The van der Waals surface area contributed by atoms with Crippen molar-refractivity contribution in [1.29, 1.82) is 0 Å². The van der Waals surface area contributed by atoms with E-state index in [4.69, 9.17) is 5.11 Å². The van der Waals surface area contributed by atoms with E-state index in [1.54, 1.807) is 11.8 Å². The van der Waals surface area contributed by atoms with Gasteiger partial charge in [-0.1, -0.05) is 5.21 Å². The predicted octanol–water partition coefficient (Wildman–Crippen LogP) is 0.273. The van der Waals surface area contributed by atoms with E-state index in [0.717, 1.165) is 5.75 Å². The van der Waals surface area contributed by atoms with E-state index in [2.05, 4.69) is 15.0 Å². The minimum atomic E-state index is -1.09. The minimum Gasteiger partial charge on any atom is -0.476 e. The molecule has 0 amide bonds. The molecule has 1 rings (SSSR count). The van der Waals surface area contributed by atoms with Crippen molar-refractivity contribution in [3.05, 3.63) is 11.9 Å². The van der Waals surface area contributed by atoms with Crippen LogP contribution in [0.2, 0.25) is 0 Å². The molecule has 0 aromatic carbocycles. The number of carboxylic acid groups (broad SMARTS) is 1. The zero-order valence-corrected chi connectivity index (χ0v) is 10.1. The molecule has 0 atom stereocenters. The molecule has 0 radical (unpaired) electrons. The summed E-state index contributed by atoms with van der Waals surface area (Å²) in [5.74, 6) is 0.0908. The summed E-state index contributed by atoms with van der Waals surface area (Å²) in [6.45, 7) is 0.562. The van der Waals surface area contributed by atoms with E-state index >= 15 is 0 Å². The Balaban J connectivity index is 2.18. The predicted molar refractivity (Wildman–Crippen MR) is 60.9 cm³/mol. The highest BCUT2D eigenvalue weighted by Gasteiger charge is 2.07. The van der Waals surface area contributed by atoms with Gasteiger partial charge in [0.25, 0.3) is 0 Å². The highest BCUT2D eigenvalue weighted by molar-refractivity contribution is 7.99. The summed E-state index contributed by atoms with van der Waals surface area (Å²) in [6.07, 6.45) is 1.75. The summed E-state index contributed by atoms with van der Waals surface area (Å²) in [5.41, 5.74) is -0.0652. The molecule has 0 fully saturated rings. The molecule has 8 heteroatoms. The number of carboxylic acids is 1. The maximum Gasteiger partial charge on any atom is 0.358 e. The maximum absolute atomic E-state index is 10.8. The summed E-state index contributed by atoms with van der Waals surface area (Å²) < 4.78 is 5.97. The van der Waals surface area contributed by atoms with Crippen LogP contribution in [-0.4, -0.2) is 50.7 Å². The van der Waals surface area contributed by atoms with Crippen LogP contribution >= 0.6 is 11.8 Å². The lowest BCUT2D eigenvalue weighted by Crippen LogP contribution is -2.04. The van der Waals surface area contributed by atoms with Gasteiger partial charge in [0.2, 0.25) is 0 Å². The smallest absolute Gasteiger partial charge is 0.358 e. The highest BCUT2D eigenvalue weighted by Crippen LogP contribution is 2.04. The fourth-order valence-electron chi connectivity index (χ4n) is 1.02. The number of aromatic nitrogens is 3. The fraction of sp³-hybridized carbons (Fsp3) is 0.556. The van der Waals surface area contributed by atoms with Crippen LogP contribution < -0.4 is 0 Å². The van der Waals surface area contributed by atoms with Crippen LogP contribution in [0.15, 0.2) is 6.20 Å². The Hall–Kier alpha value is -1.57. The molecule has 0 saturated heterocycles. The van der Waals surface area contributed by atoms with E-state index in [9.17, 15) is 9.59 Å². The van der Waals surface area contributed by atoms with Crippen LogP contribution in [0.5, 0.6) is 0 Å². The minimum absolute atomic E-state index is 0.0652. The molecule has 1 aromatic rings. The summed E-state index contributed by atoms with van der Waals surface area (Å²) in [5, 5.41) is 15.8. The lowest BCUT2D eigenvalue weighted by atomic mass is 10.5. The second-order valence-corrected chi connectivity index (χ2v) is 4.34. The number of carbonyl (C=O) groups excluding carboxylic acids is 1. The topological polar surface area (TPSA) is 94.3 Å². The Morgan fingerprint density at radius 2 is 2.29 bits per heavy atom. The molecule has 0 unspecified atom stereocenters. The Bertz CT molecular complexity index is 393. The SMILES string of the molecule is COC(=O)CCSCCn1cc(C(=O)O)nn1. The lowest BCUT2D eigenvalue weighted by Gasteiger charge is -2.00. The summed E-state index contributed by atoms with van der Waals surface area (Å²) in [7, 11) is 1.36. The van der Waals surface area contributed by atoms with E-state index in [1.807, 2.05) is 0 Å². The van der Waals surface area contributed by atoms with Gasteiger partial charge in [0.1, 0.15) is 0 Å². The summed E-state index contributed by atoms with van der Waals surface area (Å²) >= 11 is 1.57. The molecule has 0 saturated carbocycles. The number of aryl methyl sites for hydroxylation is 1. The molecule has 7 nitrogen and oxygen atoms in total. The second-order valence-electron chi connectivity index (χ2n) is 3.11. The van der Waals surface area contributed by atoms with Crippen LogP contribution in [-0.2, 0) is 16.1 Å². The summed E-state index contributed by atoms with van der Waals surface area (Å²) in [6, 6.07) is 0. The first-order valence-electron chi connectivity index (χ1n) is 4.91. The van der Waals surface area contributed by atoms with Gasteiger partial charge in [0, 0.05) is 11.5 Å². The number of hydrogen-bond acceptors (Lipinski definition) is 6. The molecule has 94 valence electrons. The van der Waals surface area contributed by atoms with Crippen LogP contribution in [0, 0.1) is 0 Å². The molecular formula is C9H13N3O4S. The molecule has 0 aliphatic heterocycles. The second kappa shape index (κ2) is 6.89. The van der Waals surface area contributed by atoms with Crippen LogP contribution in [0.4, 0.5) is 0 Å². The van der Waals surface area contributed by atoms with Crippen molar-refractivity contribution in [3.8, 4) is 0 Å². The van der Waals surface area contributed by atoms with Gasteiger partial charge in [-0.25, -0.2) is 4.79 Å². The molecule has 1 N–H and O–H groups in total. The van der Waals surface area contributed by atoms with Crippen molar-refractivity contribution in [3.63, 3.8) is 0 Å². The van der Waals surface area contributed by atoms with Crippen molar-refractivity contribution in [1.82, 2.24) is 15.0 Å². The molecule has 17 heavy (non-hydrogen) atoms. The van der Waals surface area contributed by atoms with Gasteiger partial charge in [0.15, 0.2) is 5.69 Å². The van der Waals surface area contributed by atoms with E-state index in [0.29, 0.717) is 18.7 Å². The quantitative estimate of drug-likeness (QED) is 0.555. The average molecular weight is 259 g/mol. The van der Waals surface area contributed by atoms with Crippen molar-refractivity contribution in [2.75, 3.05) is 18.6 Å². The molecule has 1 aromatic heterocycles.